The highest BCUT2D eigenvalue weighted by Crippen LogP contribution is 2.28. The van der Waals surface area contributed by atoms with Gasteiger partial charge in [0.25, 0.3) is 0 Å². The molecule has 0 unspecified atom stereocenters. The molecule has 0 radical (unpaired) electrons. The van der Waals surface area contributed by atoms with E-state index >= 15 is 0 Å². The summed E-state index contributed by atoms with van der Waals surface area (Å²) in [5.41, 5.74) is 7.05. The monoisotopic (exact) mass is 208 g/mol. The minimum atomic E-state index is -0.0428. The number of piperidine rings is 1. The summed E-state index contributed by atoms with van der Waals surface area (Å²) in [6.07, 6.45) is 3.03. The summed E-state index contributed by atoms with van der Waals surface area (Å²) in [4.78, 5) is 13.3. The van der Waals surface area contributed by atoms with Crippen LogP contribution < -0.4 is 5.73 Å². The molecular weight excluding hydrogens is 192 g/mol. The lowest BCUT2D eigenvalue weighted by atomic mass is 9.94. The second-order valence-electron chi connectivity index (χ2n) is 4.03. The van der Waals surface area contributed by atoms with E-state index < -0.39 is 0 Å². The van der Waals surface area contributed by atoms with Crippen LogP contribution in [0.4, 0.5) is 0 Å². The van der Waals surface area contributed by atoms with Gasteiger partial charge in [0.15, 0.2) is 0 Å². The first-order valence-corrected chi connectivity index (χ1v) is 5.10. The SMILES string of the molecule is CN1C(=O)CC[C@H](N)[C@@H]1c1ccnn1C. The molecule has 5 nitrogen and oxygen atoms in total. The van der Waals surface area contributed by atoms with Gasteiger partial charge in [-0.1, -0.05) is 0 Å². The maximum atomic E-state index is 11.6. The maximum absolute atomic E-state index is 11.6. The number of rotatable bonds is 1. The first-order valence-electron chi connectivity index (χ1n) is 5.10. The third kappa shape index (κ3) is 1.63. The number of nitrogens with two attached hydrogens (primary N) is 1. The van der Waals surface area contributed by atoms with Gasteiger partial charge in [-0.25, -0.2) is 0 Å². The van der Waals surface area contributed by atoms with E-state index in [1.807, 2.05) is 13.1 Å². The van der Waals surface area contributed by atoms with Crippen LogP contribution in [0.2, 0.25) is 0 Å². The highest BCUT2D eigenvalue weighted by Gasteiger charge is 2.33. The van der Waals surface area contributed by atoms with Crippen molar-refractivity contribution < 1.29 is 4.79 Å². The zero-order valence-electron chi connectivity index (χ0n) is 9.05. The largest absolute Gasteiger partial charge is 0.336 e. The minimum Gasteiger partial charge on any atom is -0.336 e. The van der Waals surface area contributed by atoms with Gasteiger partial charge < -0.3 is 10.6 Å². The zero-order valence-corrected chi connectivity index (χ0v) is 9.05. The first-order chi connectivity index (χ1) is 7.11. The Kier molecular flexibility index (Phi) is 2.48. The van der Waals surface area contributed by atoms with E-state index in [9.17, 15) is 4.79 Å². The average Bonchev–Trinajstić information content (AvgIpc) is 2.60. The quantitative estimate of drug-likeness (QED) is 0.708. The van der Waals surface area contributed by atoms with Crippen LogP contribution in [0.5, 0.6) is 0 Å². The van der Waals surface area contributed by atoms with Crippen molar-refractivity contribution in [2.24, 2.45) is 12.8 Å². The number of amides is 1. The number of carbonyl (C=O) groups is 1. The number of aromatic nitrogens is 2. The molecule has 1 aliphatic heterocycles. The van der Waals surface area contributed by atoms with Crippen molar-refractivity contribution >= 4 is 5.91 Å². The zero-order chi connectivity index (χ0) is 11.0. The van der Waals surface area contributed by atoms with Gasteiger partial charge in [-0.3, -0.25) is 9.48 Å². The number of likely N-dealkylation sites (tertiary alicyclic amines) is 1. The molecule has 0 aromatic carbocycles. The number of likely N-dealkylation sites (N-methyl/N-ethyl adjacent to an activating group) is 1. The molecule has 1 fully saturated rings. The number of hydrogen-bond acceptors (Lipinski definition) is 3. The standard InChI is InChI=1S/C10H16N4O/c1-13-9(15)4-3-7(11)10(13)8-5-6-12-14(8)2/h5-7,10H,3-4,11H2,1-2H3/t7-,10+/m0/s1. The molecule has 2 N–H and O–H groups in total. The van der Waals surface area contributed by atoms with Gasteiger partial charge in [-0.2, -0.15) is 5.10 Å². The van der Waals surface area contributed by atoms with E-state index in [4.69, 9.17) is 5.73 Å². The summed E-state index contributed by atoms with van der Waals surface area (Å²) in [6, 6.07) is 1.88. The molecule has 1 aromatic heterocycles. The Bertz CT molecular complexity index is 373. The van der Waals surface area contributed by atoms with Gasteiger partial charge in [-0.15, -0.1) is 0 Å². The van der Waals surface area contributed by atoms with Crippen LogP contribution in [0.15, 0.2) is 12.3 Å². The molecule has 1 amide bonds. The van der Waals surface area contributed by atoms with Gasteiger partial charge in [0.05, 0.1) is 11.7 Å². The maximum Gasteiger partial charge on any atom is 0.222 e. The van der Waals surface area contributed by atoms with Crippen LogP contribution in [0, 0.1) is 0 Å². The summed E-state index contributed by atoms with van der Waals surface area (Å²) in [7, 11) is 3.67. The van der Waals surface area contributed by atoms with Crippen LogP contribution in [-0.2, 0) is 11.8 Å². The van der Waals surface area contributed by atoms with Crippen LogP contribution in [0.3, 0.4) is 0 Å². The second-order valence-corrected chi connectivity index (χ2v) is 4.03. The van der Waals surface area contributed by atoms with Crippen molar-refractivity contribution in [3.05, 3.63) is 18.0 Å². The second kappa shape index (κ2) is 3.66. The fourth-order valence-corrected chi connectivity index (χ4v) is 2.16. The normalized spacial score (nSPS) is 27.1. The summed E-state index contributed by atoms with van der Waals surface area (Å²) in [5.74, 6) is 0.155. The molecule has 1 saturated heterocycles. The highest BCUT2D eigenvalue weighted by atomic mass is 16.2. The van der Waals surface area contributed by atoms with Gasteiger partial charge >= 0.3 is 0 Å². The number of carbonyl (C=O) groups excluding carboxylic acids is 1. The fraction of sp³-hybridized carbons (Fsp3) is 0.600. The van der Waals surface area contributed by atoms with Crippen molar-refractivity contribution in [1.29, 1.82) is 0 Å². The summed E-state index contributed by atoms with van der Waals surface area (Å²) in [5, 5.41) is 4.11. The van der Waals surface area contributed by atoms with Gasteiger partial charge in [0, 0.05) is 32.8 Å². The van der Waals surface area contributed by atoms with Crippen molar-refractivity contribution in [3.63, 3.8) is 0 Å². The molecule has 0 aliphatic carbocycles. The predicted octanol–water partition coefficient (Wildman–Crippen LogP) is 0.0407. The number of nitrogens with zero attached hydrogens (tertiary/aromatic N) is 3. The van der Waals surface area contributed by atoms with Crippen molar-refractivity contribution in [2.45, 2.75) is 24.9 Å². The molecule has 2 atom stereocenters. The topological polar surface area (TPSA) is 64.2 Å². The van der Waals surface area contributed by atoms with Gasteiger partial charge in [0.2, 0.25) is 5.91 Å². The lowest BCUT2D eigenvalue weighted by Crippen LogP contribution is -2.47. The van der Waals surface area contributed by atoms with E-state index in [1.165, 1.54) is 0 Å². The lowest BCUT2D eigenvalue weighted by molar-refractivity contribution is -0.135. The Morgan fingerprint density at radius 3 is 2.87 bits per heavy atom. The van der Waals surface area contributed by atoms with E-state index in [1.54, 1.807) is 22.8 Å². The Labute approximate surface area is 88.8 Å². The molecule has 2 heterocycles. The molecule has 2 rings (SSSR count). The summed E-state index contributed by atoms with van der Waals surface area (Å²) < 4.78 is 1.78. The van der Waals surface area contributed by atoms with Crippen molar-refractivity contribution in [3.8, 4) is 0 Å². The molecule has 0 bridgehead atoms. The van der Waals surface area contributed by atoms with E-state index in [0.29, 0.717) is 6.42 Å². The van der Waals surface area contributed by atoms with Crippen LogP contribution in [0.25, 0.3) is 0 Å². The van der Waals surface area contributed by atoms with Gasteiger partial charge in [-0.05, 0) is 12.5 Å². The van der Waals surface area contributed by atoms with E-state index in [-0.39, 0.29) is 18.0 Å². The highest BCUT2D eigenvalue weighted by molar-refractivity contribution is 5.77. The predicted molar refractivity (Wildman–Crippen MR) is 55.9 cm³/mol. The Morgan fingerprint density at radius 2 is 2.27 bits per heavy atom. The van der Waals surface area contributed by atoms with E-state index in [0.717, 1.165) is 12.1 Å². The van der Waals surface area contributed by atoms with Crippen molar-refractivity contribution in [2.75, 3.05) is 7.05 Å². The first kappa shape index (κ1) is 10.2. The lowest BCUT2D eigenvalue weighted by Gasteiger charge is -2.37. The molecule has 1 aliphatic rings. The molecular formula is C10H16N4O. The number of aryl methyl sites for hydroxylation is 1. The van der Waals surface area contributed by atoms with Crippen LogP contribution in [0.1, 0.15) is 24.6 Å². The minimum absolute atomic E-state index is 0.00287. The number of hydrogen-bond donors (Lipinski definition) is 1. The summed E-state index contributed by atoms with van der Waals surface area (Å²) >= 11 is 0. The Hall–Kier alpha value is -1.36. The van der Waals surface area contributed by atoms with Gasteiger partial charge in [0.1, 0.15) is 0 Å². The Morgan fingerprint density at radius 1 is 1.53 bits per heavy atom. The third-order valence-corrected chi connectivity index (χ3v) is 3.07. The van der Waals surface area contributed by atoms with Crippen LogP contribution in [-0.4, -0.2) is 33.7 Å². The summed E-state index contributed by atoms with van der Waals surface area (Å²) in [6.45, 7) is 0. The third-order valence-electron chi connectivity index (χ3n) is 3.07. The van der Waals surface area contributed by atoms with E-state index in [2.05, 4.69) is 5.10 Å². The Balaban J connectivity index is 2.33. The fourth-order valence-electron chi connectivity index (χ4n) is 2.16. The molecule has 0 saturated carbocycles. The average molecular weight is 208 g/mol. The van der Waals surface area contributed by atoms with Crippen molar-refractivity contribution in [1.82, 2.24) is 14.7 Å². The van der Waals surface area contributed by atoms with Crippen LogP contribution >= 0.6 is 0 Å². The molecule has 15 heavy (non-hydrogen) atoms. The smallest absolute Gasteiger partial charge is 0.222 e. The molecule has 1 aromatic rings. The molecule has 5 heteroatoms. The molecule has 82 valence electrons. The molecule has 0 spiro atoms.